The summed E-state index contributed by atoms with van der Waals surface area (Å²) in [5.74, 6) is 7.23. The van der Waals surface area contributed by atoms with E-state index in [1.54, 1.807) is 12.3 Å². The summed E-state index contributed by atoms with van der Waals surface area (Å²) < 4.78 is 22.0. The SMILES string of the molecule is COc1cc(Cc2cnc(N)nc2N)cc(C#Cc2ccc(P(=O)([O-])[O-])cc2)c1OC.[Na+].[Na+]. The van der Waals surface area contributed by atoms with Crippen LogP contribution in [0.1, 0.15) is 22.3 Å². The molecule has 160 valence electrons. The third-order valence-corrected chi connectivity index (χ3v) is 5.31. The van der Waals surface area contributed by atoms with Gasteiger partial charge in [-0.2, -0.15) is 4.98 Å². The Balaban J connectivity index is 0.00000272. The van der Waals surface area contributed by atoms with Gasteiger partial charge < -0.3 is 35.3 Å². The summed E-state index contributed by atoms with van der Waals surface area (Å²) in [7, 11) is -1.78. The number of nitrogens with zero attached hydrogens (tertiary/aromatic N) is 2. The van der Waals surface area contributed by atoms with Gasteiger partial charge in [0.1, 0.15) is 5.82 Å². The second-order valence-electron chi connectivity index (χ2n) is 6.49. The molecule has 4 N–H and O–H groups in total. The molecule has 0 bridgehead atoms. The number of aromatic nitrogens is 2. The molecule has 0 fully saturated rings. The molecule has 3 rings (SSSR count). The Kier molecular flexibility index (Phi) is 11.4. The fraction of sp³-hybridized carbons (Fsp3) is 0.143. The molecule has 0 aliphatic carbocycles. The molecular weight excluding hydrogens is 465 g/mol. The summed E-state index contributed by atoms with van der Waals surface area (Å²) in [6.07, 6.45) is 1.98. The van der Waals surface area contributed by atoms with Crippen LogP contribution in [0.5, 0.6) is 11.5 Å². The summed E-state index contributed by atoms with van der Waals surface area (Å²) in [6.45, 7) is 0. The zero-order valence-corrected chi connectivity index (χ0v) is 23.7. The molecule has 3 aromatic rings. The minimum Gasteiger partial charge on any atom is -0.807 e. The summed E-state index contributed by atoms with van der Waals surface area (Å²) in [6, 6.07) is 9.00. The van der Waals surface area contributed by atoms with Crippen molar-refractivity contribution in [1.82, 2.24) is 9.97 Å². The van der Waals surface area contributed by atoms with E-state index in [-0.39, 0.29) is 76.2 Å². The first-order chi connectivity index (χ1) is 14.7. The van der Waals surface area contributed by atoms with Crippen molar-refractivity contribution < 1.29 is 82.9 Å². The van der Waals surface area contributed by atoms with Gasteiger partial charge in [-0.15, -0.1) is 0 Å². The van der Waals surface area contributed by atoms with Gasteiger partial charge in [0.25, 0.3) is 0 Å². The zero-order chi connectivity index (χ0) is 22.6. The van der Waals surface area contributed by atoms with Crippen LogP contribution in [-0.4, -0.2) is 24.2 Å². The normalized spacial score (nSPS) is 10.2. The maximum Gasteiger partial charge on any atom is 1.00 e. The van der Waals surface area contributed by atoms with Gasteiger partial charge in [0.05, 0.1) is 19.8 Å². The topological polar surface area (TPSA) is 159 Å². The van der Waals surface area contributed by atoms with Crippen molar-refractivity contribution in [3.8, 4) is 23.3 Å². The Bertz CT molecular complexity index is 1220. The molecule has 9 nitrogen and oxygen atoms in total. The second-order valence-corrected chi connectivity index (χ2v) is 8.00. The average Bonchev–Trinajstić information content (AvgIpc) is 2.73. The Morgan fingerprint density at radius 1 is 1.03 bits per heavy atom. The maximum absolute atomic E-state index is 11.1. The van der Waals surface area contributed by atoms with Crippen LogP contribution in [0.2, 0.25) is 0 Å². The summed E-state index contributed by atoms with van der Waals surface area (Å²) in [5, 5.41) is -0.289. The van der Waals surface area contributed by atoms with Crippen LogP contribution in [0.4, 0.5) is 11.8 Å². The summed E-state index contributed by atoms with van der Waals surface area (Å²) in [5.41, 5.74) is 14.1. The molecule has 0 saturated carbocycles. The summed E-state index contributed by atoms with van der Waals surface area (Å²) >= 11 is 0. The van der Waals surface area contributed by atoms with E-state index < -0.39 is 7.60 Å². The van der Waals surface area contributed by atoms with Gasteiger partial charge in [0, 0.05) is 23.7 Å². The fourth-order valence-electron chi connectivity index (χ4n) is 2.87. The molecule has 2 aromatic carbocycles. The molecule has 0 radical (unpaired) electrons. The van der Waals surface area contributed by atoms with E-state index in [2.05, 4.69) is 21.8 Å². The van der Waals surface area contributed by atoms with Crippen LogP contribution < -0.4 is 95.1 Å². The Hall–Kier alpha value is -1.57. The number of nitrogens with two attached hydrogens (primary N) is 2. The van der Waals surface area contributed by atoms with Gasteiger partial charge in [0.15, 0.2) is 11.5 Å². The number of hydrogen-bond acceptors (Lipinski definition) is 9. The molecule has 0 unspecified atom stereocenters. The number of benzene rings is 2. The standard InChI is InChI=1S/C21H21N4O5P.2Na/c1-29-18-11-14(10-16-12-24-21(23)25-20(16)22)9-15(19(18)30-2)6-3-13-4-7-17(8-5-13)31(26,27)28;;/h4-5,7-9,11-12H,10H2,1-2H3,(H2,26,27,28)(H4,22,23,24,25);;/q;2*+1/p-2. The molecular formula is C21H19N4Na2O5P. The van der Waals surface area contributed by atoms with E-state index in [9.17, 15) is 14.4 Å². The van der Waals surface area contributed by atoms with Crippen LogP contribution in [0, 0.1) is 11.8 Å². The van der Waals surface area contributed by atoms with Crippen LogP contribution >= 0.6 is 7.60 Å². The van der Waals surface area contributed by atoms with E-state index in [4.69, 9.17) is 20.9 Å². The quantitative estimate of drug-likeness (QED) is 0.204. The number of nitrogen functional groups attached to an aromatic ring is 2. The molecule has 12 heteroatoms. The van der Waals surface area contributed by atoms with Crippen LogP contribution in [0.15, 0.2) is 42.6 Å². The van der Waals surface area contributed by atoms with Crippen molar-refractivity contribution in [2.75, 3.05) is 25.7 Å². The van der Waals surface area contributed by atoms with Crippen LogP contribution in [0.3, 0.4) is 0 Å². The predicted octanol–water partition coefficient (Wildman–Crippen LogP) is -5.80. The zero-order valence-electron chi connectivity index (χ0n) is 18.8. The predicted molar refractivity (Wildman–Crippen MR) is 113 cm³/mol. The number of methoxy groups -OCH3 is 2. The molecule has 0 spiro atoms. The first kappa shape index (κ1) is 29.5. The van der Waals surface area contributed by atoms with Gasteiger partial charge in [-0.3, -0.25) is 0 Å². The van der Waals surface area contributed by atoms with Crippen molar-refractivity contribution in [1.29, 1.82) is 0 Å². The smallest absolute Gasteiger partial charge is 0.807 e. The van der Waals surface area contributed by atoms with Gasteiger partial charge in [-0.25, -0.2) is 4.98 Å². The number of ether oxygens (including phenoxy) is 2. The minimum atomic E-state index is -4.80. The van der Waals surface area contributed by atoms with Gasteiger partial charge >= 0.3 is 59.1 Å². The van der Waals surface area contributed by atoms with E-state index in [1.807, 2.05) is 6.07 Å². The monoisotopic (exact) mass is 484 g/mol. The number of anilines is 2. The molecule has 1 aromatic heterocycles. The number of rotatable bonds is 5. The summed E-state index contributed by atoms with van der Waals surface area (Å²) in [4.78, 5) is 30.1. The average molecular weight is 484 g/mol. The van der Waals surface area contributed by atoms with Crippen molar-refractivity contribution in [3.63, 3.8) is 0 Å². The van der Waals surface area contributed by atoms with Gasteiger partial charge in [-0.1, -0.05) is 24.0 Å². The molecule has 0 aliphatic heterocycles. The Morgan fingerprint density at radius 2 is 1.70 bits per heavy atom. The molecule has 0 atom stereocenters. The fourth-order valence-corrected chi connectivity index (χ4v) is 3.39. The largest absolute Gasteiger partial charge is 1.00 e. The molecule has 1 heterocycles. The van der Waals surface area contributed by atoms with E-state index in [0.29, 0.717) is 34.6 Å². The molecule has 33 heavy (non-hydrogen) atoms. The van der Waals surface area contributed by atoms with Crippen molar-refractivity contribution in [3.05, 3.63) is 64.8 Å². The van der Waals surface area contributed by atoms with Crippen molar-refractivity contribution >= 4 is 24.7 Å². The van der Waals surface area contributed by atoms with Crippen molar-refractivity contribution in [2.24, 2.45) is 0 Å². The first-order valence-corrected chi connectivity index (χ1v) is 10.5. The van der Waals surface area contributed by atoms with E-state index in [0.717, 1.165) is 5.56 Å². The Labute approximate surface area is 236 Å². The molecule has 0 amide bonds. The van der Waals surface area contributed by atoms with E-state index in [1.165, 1.54) is 38.5 Å². The Morgan fingerprint density at radius 3 is 2.24 bits per heavy atom. The van der Waals surface area contributed by atoms with E-state index >= 15 is 0 Å². The number of hydrogen-bond donors (Lipinski definition) is 2. The minimum absolute atomic E-state index is 0. The van der Waals surface area contributed by atoms with Gasteiger partial charge in [0.2, 0.25) is 5.95 Å². The second kappa shape index (κ2) is 12.8. The third-order valence-electron chi connectivity index (χ3n) is 4.37. The molecule has 0 saturated heterocycles. The van der Waals surface area contributed by atoms with Crippen molar-refractivity contribution in [2.45, 2.75) is 6.42 Å². The van der Waals surface area contributed by atoms with Crippen LogP contribution in [0.25, 0.3) is 0 Å². The van der Waals surface area contributed by atoms with Crippen LogP contribution in [-0.2, 0) is 11.0 Å². The third kappa shape index (κ3) is 7.72. The first-order valence-electron chi connectivity index (χ1n) is 8.97. The molecule has 0 aliphatic rings. The van der Waals surface area contributed by atoms with Gasteiger partial charge in [-0.05, 0) is 42.7 Å². The maximum atomic E-state index is 11.1.